The van der Waals surface area contributed by atoms with Gasteiger partial charge in [0.05, 0.1) is 32.7 Å². The molecule has 1 aromatic carbocycles. The van der Waals surface area contributed by atoms with Crippen LogP contribution in [0.15, 0.2) is 36.4 Å². The molecule has 1 saturated heterocycles. The molecule has 1 amide bonds. The summed E-state index contributed by atoms with van der Waals surface area (Å²) >= 11 is 0. The predicted octanol–water partition coefficient (Wildman–Crippen LogP) is 1.46. The Morgan fingerprint density at radius 3 is 2.62 bits per heavy atom. The van der Waals surface area contributed by atoms with Crippen molar-refractivity contribution in [2.45, 2.75) is 26.2 Å². The fraction of sp³-hybridized carbons (Fsp3) is 0.550. The average Bonchev–Trinajstić information content (AvgIpc) is 2.62. The molecular formula is C20H29N2O2+. The van der Waals surface area contributed by atoms with Gasteiger partial charge in [0.2, 0.25) is 0 Å². The molecule has 0 saturated carbocycles. The Labute approximate surface area is 145 Å². The highest BCUT2D eigenvalue weighted by Crippen LogP contribution is 2.16. The van der Waals surface area contributed by atoms with Crippen molar-refractivity contribution in [3.05, 3.63) is 42.0 Å². The van der Waals surface area contributed by atoms with E-state index in [2.05, 4.69) is 12.2 Å². The van der Waals surface area contributed by atoms with E-state index in [1.807, 2.05) is 36.1 Å². The van der Waals surface area contributed by atoms with Crippen molar-refractivity contribution in [1.29, 1.82) is 0 Å². The monoisotopic (exact) mass is 329 g/mol. The maximum Gasteiger partial charge on any atom is 0.260 e. The van der Waals surface area contributed by atoms with Crippen molar-refractivity contribution >= 4 is 5.91 Å². The van der Waals surface area contributed by atoms with Gasteiger partial charge < -0.3 is 14.5 Å². The zero-order valence-corrected chi connectivity index (χ0v) is 14.7. The third-order valence-electron chi connectivity index (χ3n) is 5.16. The standard InChI is InChI=1S/C20H28N2O2/c1-17-7-9-19(10-8-17)24-16-20(23)22-13-11-21(12-14-22)15-18-5-3-2-4-6-18/h2-3,7-10,18H,4-6,11-16H2,1H3/p+1/t18-/m0/s1. The van der Waals surface area contributed by atoms with E-state index in [0.717, 1.165) is 37.8 Å². The Morgan fingerprint density at radius 1 is 1.21 bits per heavy atom. The lowest BCUT2D eigenvalue weighted by atomic mass is 9.94. The van der Waals surface area contributed by atoms with Gasteiger partial charge in [0.25, 0.3) is 5.91 Å². The molecule has 1 heterocycles. The summed E-state index contributed by atoms with van der Waals surface area (Å²) in [7, 11) is 0. The number of benzene rings is 1. The molecule has 1 aliphatic heterocycles. The second-order valence-corrected chi connectivity index (χ2v) is 7.09. The predicted molar refractivity (Wildman–Crippen MR) is 95.3 cm³/mol. The molecule has 2 aliphatic rings. The first kappa shape index (κ1) is 17.0. The SMILES string of the molecule is Cc1ccc(OCC(=O)N2CC[NH+](C[C@H]3CC=CCC3)CC2)cc1. The third-order valence-corrected chi connectivity index (χ3v) is 5.16. The van der Waals surface area contributed by atoms with E-state index in [9.17, 15) is 4.79 Å². The lowest BCUT2D eigenvalue weighted by molar-refractivity contribution is -0.907. The number of amides is 1. The van der Waals surface area contributed by atoms with Gasteiger partial charge in [-0.3, -0.25) is 4.79 Å². The van der Waals surface area contributed by atoms with Gasteiger partial charge >= 0.3 is 0 Å². The maximum atomic E-state index is 12.3. The van der Waals surface area contributed by atoms with Crippen LogP contribution in [0.4, 0.5) is 0 Å². The van der Waals surface area contributed by atoms with Gasteiger partial charge in [-0.25, -0.2) is 0 Å². The van der Waals surface area contributed by atoms with Crippen LogP contribution in [-0.2, 0) is 4.79 Å². The lowest BCUT2D eigenvalue weighted by Crippen LogP contribution is -3.15. The first-order valence-corrected chi connectivity index (χ1v) is 9.16. The van der Waals surface area contributed by atoms with Gasteiger partial charge in [-0.15, -0.1) is 0 Å². The van der Waals surface area contributed by atoms with Gasteiger partial charge in [0, 0.05) is 5.92 Å². The van der Waals surface area contributed by atoms with Crippen molar-refractivity contribution in [1.82, 2.24) is 4.90 Å². The van der Waals surface area contributed by atoms with E-state index in [1.54, 1.807) is 4.90 Å². The highest BCUT2D eigenvalue weighted by molar-refractivity contribution is 5.77. The summed E-state index contributed by atoms with van der Waals surface area (Å²) in [6, 6.07) is 7.84. The van der Waals surface area contributed by atoms with Crippen LogP contribution in [-0.4, -0.2) is 50.1 Å². The van der Waals surface area contributed by atoms with E-state index in [-0.39, 0.29) is 12.5 Å². The molecule has 24 heavy (non-hydrogen) atoms. The van der Waals surface area contributed by atoms with Crippen molar-refractivity contribution in [2.24, 2.45) is 5.92 Å². The Kier molecular flexibility index (Phi) is 5.91. The summed E-state index contributed by atoms with van der Waals surface area (Å²) in [5.74, 6) is 1.70. The molecular weight excluding hydrogens is 300 g/mol. The van der Waals surface area contributed by atoms with Crippen molar-refractivity contribution < 1.29 is 14.4 Å². The first-order chi connectivity index (χ1) is 11.7. The zero-order valence-electron chi connectivity index (χ0n) is 14.7. The quantitative estimate of drug-likeness (QED) is 0.830. The second-order valence-electron chi connectivity index (χ2n) is 7.09. The fourth-order valence-electron chi connectivity index (χ4n) is 3.60. The summed E-state index contributed by atoms with van der Waals surface area (Å²) in [4.78, 5) is 15.9. The lowest BCUT2D eigenvalue weighted by Gasteiger charge is -2.34. The van der Waals surface area contributed by atoms with Crippen molar-refractivity contribution in [2.75, 3.05) is 39.3 Å². The number of hydrogen-bond acceptors (Lipinski definition) is 2. The topological polar surface area (TPSA) is 34.0 Å². The number of carbonyl (C=O) groups excluding carboxylic acids is 1. The summed E-state index contributed by atoms with van der Waals surface area (Å²) in [6.45, 7) is 7.29. The van der Waals surface area contributed by atoms with Crippen LogP contribution in [0.2, 0.25) is 0 Å². The zero-order chi connectivity index (χ0) is 16.8. The summed E-state index contributed by atoms with van der Waals surface area (Å²) < 4.78 is 5.62. The Bertz CT molecular complexity index is 560. The number of nitrogens with one attached hydrogen (secondary N) is 1. The molecule has 0 aromatic heterocycles. The van der Waals surface area contributed by atoms with Crippen LogP contribution in [0.1, 0.15) is 24.8 Å². The molecule has 4 nitrogen and oxygen atoms in total. The van der Waals surface area contributed by atoms with Crippen LogP contribution in [0.3, 0.4) is 0 Å². The molecule has 1 aromatic rings. The number of ether oxygens (including phenoxy) is 1. The molecule has 1 fully saturated rings. The highest BCUT2D eigenvalue weighted by Gasteiger charge is 2.26. The number of quaternary nitrogens is 1. The Balaban J connectivity index is 1.38. The minimum Gasteiger partial charge on any atom is -0.484 e. The number of hydrogen-bond donors (Lipinski definition) is 1. The van der Waals surface area contributed by atoms with Crippen LogP contribution >= 0.6 is 0 Å². The fourth-order valence-corrected chi connectivity index (χ4v) is 3.60. The van der Waals surface area contributed by atoms with Crippen molar-refractivity contribution in [3.8, 4) is 5.75 Å². The Morgan fingerprint density at radius 2 is 1.96 bits per heavy atom. The van der Waals surface area contributed by atoms with Gasteiger partial charge in [-0.05, 0) is 38.3 Å². The number of allylic oxidation sites excluding steroid dienone is 2. The number of rotatable bonds is 5. The van der Waals surface area contributed by atoms with E-state index < -0.39 is 0 Å². The molecule has 1 N–H and O–H groups in total. The summed E-state index contributed by atoms with van der Waals surface area (Å²) in [6.07, 6.45) is 8.43. The highest BCUT2D eigenvalue weighted by atomic mass is 16.5. The van der Waals surface area contributed by atoms with Gasteiger partial charge in [-0.2, -0.15) is 0 Å². The maximum absolute atomic E-state index is 12.3. The molecule has 0 unspecified atom stereocenters. The van der Waals surface area contributed by atoms with Gasteiger partial charge in [-0.1, -0.05) is 29.8 Å². The molecule has 0 bridgehead atoms. The van der Waals surface area contributed by atoms with Crippen LogP contribution in [0.5, 0.6) is 5.75 Å². The second kappa shape index (κ2) is 8.34. The van der Waals surface area contributed by atoms with Crippen LogP contribution in [0.25, 0.3) is 0 Å². The molecule has 4 heteroatoms. The molecule has 130 valence electrons. The molecule has 3 rings (SSSR count). The number of piperazine rings is 1. The molecule has 1 aliphatic carbocycles. The van der Waals surface area contributed by atoms with Crippen molar-refractivity contribution in [3.63, 3.8) is 0 Å². The van der Waals surface area contributed by atoms with E-state index >= 15 is 0 Å². The summed E-state index contributed by atoms with van der Waals surface area (Å²) in [5, 5.41) is 0. The van der Waals surface area contributed by atoms with E-state index in [1.165, 1.54) is 31.4 Å². The number of nitrogens with zero attached hydrogens (tertiary/aromatic N) is 1. The minimum atomic E-state index is 0.107. The average molecular weight is 329 g/mol. The number of carbonyl (C=O) groups is 1. The van der Waals surface area contributed by atoms with E-state index in [0.29, 0.717) is 0 Å². The van der Waals surface area contributed by atoms with Crippen LogP contribution < -0.4 is 9.64 Å². The van der Waals surface area contributed by atoms with E-state index in [4.69, 9.17) is 4.74 Å². The summed E-state index contributed by atoms with van der Waals surface area (Å²) in [5.41, 5.74) is 1.20. The smallest absolute Gasteiger partial charge is 0.260 e. The normalized spacial score (nSPS) is 21.7. The molecule has 0 spiro atoms. The largest absolute Gasteiger partial charge is 0.484 e. The number of aryl methyl sites for hydroxylation is 1. The van der Waals surface area contributed by atoms with Crippen LogP contribution in [0, 0.1) is 12.8 Å². The molecule has 1 atom stereocenters. The third kappa shape index (κ3) is 4.84. The van der Waals surface area contributed by atoms with Gasteiger partial charge in [0.1, 0.15) is 5.75 Å². The minimum absolute atomic E-state index is 0.107. The van der Waals surface area contributed by atoms with Gasteiger partial charge in [0.15, 0.2) is 6.61 Å². The first-order valence-electron chi connectivity index (χ1n) is 9.16. The Hall–Kier alpha value is -1.81. The molecule has 0 radical (unpaired) electrons.